The highest BCUT2D eigenvalue weighted by atomic mass is 32.2. The highest BCUT2D eigenvalue weighted by Crippen LogP contribution is 2.30. The molecular weight excluding hydrogens is 260 g/mol. The lowest BCUT2D eigenvalue weighted by Crippen LogP contribution is -2.35. The third kappa shape index (κ3) is 6.95. The molecule has 1 fully saturated rings. The summed E-state index contributed by atoms with van der Waals surface area (Å²) in [5.41, 5.74) is 0. The second kappa shape index (κ2) is 8.57. The molecular formula is C14H26N2O2S. The van der Waals surface area contributed by atoms with Gasteiger partial charge in [0.05, 0.1) is 12.3 Å². The van der Waals surface area contributed by atoms with Gasteiger partial charge in [-0.25, -0.2) is 8.42 Å². The van der Waals surface area contributed by atoms with Crippen molar-refractivity contribution in [2.24, 2.45) is 5.92 Å². The molecule has 0 aliphatic heterocycles. The molecule has 0 bridgehead atoms. The van der Waals surface area contributed by atoms with Crippen molar-refractivity contribution in [3.05, 3.63) is 0 Å². The fourth-order valence-electron chi connectivity index (χ4n) is 1.93. The zero-order valence-electron chi connectivity index (χ0n) is 11.9. The molecule has 0 atom stereocenters. The van der Waals surface area contributed by atoms with Crippen molar-refractivity contribution in [3.63, 3.8) is 0 Å². The third-order valence-corrected chi connectivity index (χ3v) is 5.12. The molecule has 5 heteroatoms. The first-order valence-corrected chi connectivity index (χ1v) is 8.83. The Labute approximate surface area is 118 Å². The summed E-state index contributed by atoms with van der Waals surface area (Å²) in [6, 6.07) is 0. The Morgan fingerprint density at radius 2 is 2.05 bits per heavy atom. The van der Waals surface area contributed by atoms with Crippen LogP contribution in [0, 0.1) is 18.3 Å². The van der Waals surface area contributed by atoms with Crippen LogP contribution in [0.15, 0.2) is 0 Å². The van der Waals surface area contributed by atoms with Gasteiger partial charge < -0.3 is 5.32 Å². The smallest absolute Gasteiger partial charge is 0.214 e. The summed E-state index contributed by atoms with van der Waals surface area (Å²) in [7, 11) is -3.17. The molecule has 1 N–H and O–H groups in total. The average Bonchev–Trinajstić information content (AvgIpc) is 3.17. The summed E-state index contributed by atoms with van der Waals surface area (Å²) < 4.78 is 25.9. The van der Waals surface area contributed by atoms with E-state index in [9.17, 15) is 8.42 Å². The van der Waals surface area contributed by atoms with Crippen LogP contribution >= 0.6 is 0 Å². The van der Waals surface area contributed by atoms with Crippen LogP contribution in [-0.2, 0) is 10.0 Å². The van der Waals surface area contributed by atoms with Gasteiger partial charge in [-0.15, -0.1) is 6.42 Å². The second-order valence-corrected chi connectivity index (χ2v) is 7.30. The van der Waals surface area contributed by atoms with E-state index in [0.29, 0.717) is 18.9 Å². The minimum absolute atomic E-state index is 0.215. The third-order valence-electron chi connectivity index (χ3n) is 3.25. The molecule has 19 heavy (non-hydrogen) atoms. The van der Waals surface area contributed by atoms with Crippen LogP contribution in [0.3, 0.4) is 0 Å². The van der Waals surface area contributed by atoms with E-state index < -0.39 is 10.0 Å². The van der Waals surface area contributed by atoms with Crippen LogP contribution in [-0.4, -0.2) is 44.7 Å². The topological polar surface area (TPSA) is 49.4 Å². The first kappa shape index (κ1) is 16.5. The maximum Gasteiger partial charge on any atom is 0.214 e. The quantitative estimate of drug-likeness (QED) is 0.462. The highest BCUT2D eigenvalue weighted by molar-refractivity contribution is 7.89. The molecule has 1 rings (SSSR count). The molecule has 110 valence electrons. The van der Waals surface area contributed by atoms with Crippen molar-refractivity contribution in [2.75, 3.05) is 31.9 Å². The molecule has 0 amide bonds. The lowest BCUT2D eigenvalue weighted by molar-refractivity contribution is 0.428. The highest BCUT2D eigenvalue weighted by Gasteiger charge is 2.29. The number of rotatable bonds is 11. The van der Waals surface area contributed by atoms with Gasteiger partial charge in [0, 0.05) is 6.54 Å². The standard InChI is InChI=1S/C14H26N2O2S/c1-3-9-15-10-5-6-12-19(17,18)16(11-4-2)13-14-7-8-14/h2,14-15H,3,5-13H2,1H3. The van der Waals surface area contributed by atoms with E-state index in [-0.39, 0.29) is 12.3 Å². The van der Waals surface area contributed by atoms with Gasteiger partial charge in [0.1, 0.15) is 0 Å². The normalized spacial score (nSPS) is 15.6. The summed E-state index contributed by atoms with van der Waals surface area (Å²) in [4.78, 5) is 0. The van der Waals surface area contributed by atoms with Gasteiger partial charge >= 0.3 is 0 Å². The summed E-state index contributed by atoms with van der Waals surface area (Å²) in [5, 5.41) is 3.28. The summed E-state index contributed by atoms with van der Waals surface area (Å²) >= 11 is 0. The zero-order valence-corrected chi connectivity index (χ0v) is 12.7. The summed E-state index contributed by atoms with van der Waals surface area (Å²) in [5.74, 6) is 3.21. The lowest BCUT2D eigenvalue weighted by Gasteiger charge is -2.19. The minimum atomic E-state index is -3.17. The molecule has 1 aliphatic rings. The molecule has 0 aromatic rings. The lowest BCUT2D eigenvalue weighted by atomic mass is 10.3. The van der Waals surface area contributed by atoms with Gasteiger partial charge in [0.15, 0.2) is 0 Å². The SMILES string of the molecule is C#CCN(CC1CC1)S(=O)(=O)CCCCNCCC. The predicted octanol–water partition coefficient (Wildman–Crippen LogP) is 1.44. The van der Waals surface area contributed by atoms with Crippen LogP contribution in [0.5, 0.6) is 0 Å². The first-order valence-electron chi connectivity index (χ1n) is 7.22. The first-order chi connectivity index (χ1) is 9.10. The number of terminal acetylenes is 1. The van der Waals surface area contributed by atoms with Gasteiger partial charge in [0.2, 0.25) is 10.0 Å². The number of nitrogens with one attached hydrogen (secondary N) is 1. The Morgan fingerprint density at radius 3 is 2.63 bits per heavy atom. The Hall–Kier alpha value is -0.570. The van der Waals surface area contributed by atoms with Gasteiger partial charge in [-0.05, 0) is 51.1 Å². The van der Waals surface area contributed by atoms with Crippen molar-refractivity contribution in [1.82, 2.24) is 9.62 Å². The van der Waals surface area contributed by atoms with Crippen molar-refractivity contribution >= 4 is 10.0 Å². The fourth-order valence-corrected chi connectivity index (χ4v) is 3.47. The Bertz CT molecular complexity index is 383. The zero-order chi connectivity index (χ0) is 14.1. The van der Waals surface area contributed by atoms with Gasteiger partial charge in [-0.2, -0.15) is 4.31 Å². The van der Waals surface area contributed by atoms with Gasteiger partial charge in [-0.1, -0.05) is 12.8 Å². The molecule has 0 radical (unpaired) electrons. The Kier molecular flexibility index (Phi) is 7.44. The molecule has 0 saturated heterocycles. The maximum atomic E-state index is 12.2. The van der Waals surface area contributed by atoms with E-state index in [1.807, 2.05) is 0 Å². The van der Waals surface area contributed by atoms with Crippen LogP contribution in [0.25, 0.3) is 0 Å². The van der Waals surface area contributed by atoms with E-state index in [2.05, 4.69) is 18.2 Å². The maximum absolute atomic E-state index is 12.2. The molecule has 0 unspecified atom stereocenters. The van der Waals surface area contributed by atoms with Crippen molar-refractivity contribution in [3.8, 4) is 12.3 Å². The molecule has 1 aliphatic carbocycles. The van der Waals surface area contributed by atoms with E-state index in [4.69, 9.17) is 6.42 Å². The second-order valence-electron chi connectivity index (χ2n) is 5.21. The molecule has 4 nitrogen and oxygen atoms in total. The molecule has 0 aromatic carbocycles. The van der Waals surface area contributed by atoms with E-state index in [1.165, 1.54) is 4.31 Å². The van der Waals surface area contributed by atoms with Gasteiger partial charge in [-0.3, -0.25) is 0 Å². The Morgan fingerprint density at radius 1 is 1.32 bits per heavy atom. The minimum Gasteiger partial charge on any atom is -0.317 e. The van der Waals surface area contributed by atoms with Gasteiger partial charge in [0.25, 0.3) is 0 Å². The predicted molar refractivity (Wildman–Crippen MR) is 79.3 cm³/mol. The van der Waals surface area contributed by atoms with Crippen LogP contribution in [0.2, 0.25) is 0 Å². The van der Waals surface area contributed by atoms with Crippen molar-refractivity contribution < 1.29 is 8.42 Å². The molecule has 0 spiro atoms. The molecule has 0 heterocycles. The van der Waals surface area contributed by atoms with E-state index >= 15 is 0 Å². The largest absolute Gasteiger partial charge is 0.317 e. The van der Waals surface area contributed by atoms with Crippen molar-refractivity contribution in [2.45, 2.75) is 39.0 Å². The number of unbranched alkanes of at least 4 members (excludes halogenated alkanes) is 1. The van der Waals surface area contributed by atoms with Crippen molar-refractivity contribution in [1.29, 1.82) is 0 Å². The van der Waals surface area contributed by atoms with Crippen LogP contribution in [0.1, 0.15) is 39.0 Å². The molecule has 0 aromatic heterocycles. The van der Waals surface area contributed by atoms with E-state index in [0.717, 1.165) is 38.8 Å². The van der Waals surface area contributed by atoms with E-state index in [1.54, 1.807) is 0 Å². The Balaban J connectivity index is 2.28. The summed E-state index contributed by atoms with van der Waals surface area (Å²) in [6.07, 6.45) is 10.2. The summed E-state index contributed by atoms with van der Waals surface area (Å²) in [6.45, 7) is 4.83. The van der Waals surface area contributed by atoms with Crippen LogP contribution < -0.4 is 5.32 Å². The monoisotopic (exact) mass is 286 g/mol. The number of hydrogen-bond donors (Lipinski definition) is 1. The number of hydrogen-bond acceptors (Lipinski definition) is 3. The van der Waals surface area contributed by atoms with Crippen LogP contribution in [0.4, 0.5) is 0 Å². The fraction of sp³-hybridized carbons (Fsp3) is 0.857. The average molecular weight is 286 g/mol. The number of sulfonamides is 1. The number of nitrogens with zero attached hydrogens (tertiary/aromatic N) is 1. The molecule has 1 saturated carbocycles.